The number of benzene rings is 1. The van der Waals surface area contributed by atoms with Crippen LogP contribution in [0.25, 0.3) is 22.4 Å². The van der Waals surface area contributed by atoms with Crippen LogP contribution in [0.2, 0.25) is 0 Å². The second kappa shape index (κ2) is 4.29. The number of aryl methyl sites for hydroxylation is 2. The number of fused-ring (bicyclic) bond motifs is 1. The molecule has 2 heterocycles. The van der Waals surface area contributed by atoms with Crippen molar-refractivity contribution in [2.24, 2.45) is 0 Å². The summed E-state index contributed by atoms with van der Waals surface area (Å²) >= 11 is 0. The Morgan fingerprint density at radius 2 is 2.00 bits per heavy atom. The molecular formula is C14H15N3O. The van der Waals surface area contributed by atoms with Crippen molar-refractivity contribution in [1.29, 1.82) is 0 Å². The quantitative estimate of drug-likeness (QED) is 0.706. The molecule has 0 bridgehead atoms. The topological polar surface area (TPSA) is 43.9 Å². The summed E-state index contributed by atoms with van der Waals surface area (Å²) in [6.07, 6.45) is 2.84. The van der Waals surface area contributed by atoms with Crippen LogP contribution in [0.15, 0.2) is 34.9 Å². The van der Waals surface area contributed by atoms with Crippen molar-refractivity contribution in [2.75, 3.05) is 0 Å². The fraction of sp³-hybridized carbons (Fsp3) is 0.286. The Kier molecular flexibility index (Phi) is 2.63. The van der Waals surface area contributed by atoms with Crippen LogP contribution in [0.5, 0.6) is 0 Å². The van der Waals surface area contributed by atoms with Gasteiger partial charge >= 0.3 is 0 Å². The highest BCUT2D eigenvalue weighted by Gasteiger charge is 2.14. The smallest absolute Gasteiger partial charge is 0.249 e. The summed E-state index contributed by atoms with van der Waals surface area (Å²) in [6, 6.07) is 8.28. The monoisotopic (exact) mass is 241 g/mol. The molecule has 0 radical (unpaired) electrons. The molecule has 0 aliphatic carbocycles. The van der Waals surface area contributed by atoms with E-state index in [9.17, 15) is 0 Å². The fourth-order valence-electron chi connectivity index (χ4n) is 2.18. The van der Waals surface area contributed by atoms with Gasteiger partial charge in [0.1, 0.15) is 0 Å². The van der Waals surface area contributed by atoms with E-state index in [1.54, 1.807) is 0 Å². The maximum Gasteiger partial charge on any atom is 0.249 e. The normalized spacial score (nSPS) is 11.2. The Hall–Kier alpha value is -2.10. The van der Waals surface area contributed by atoms with E-state index in [1.807, 2.05) is 19.1 Å². The number of aromatic nitrogens is 3. The summed E-state index contributed by atoms with van der Waals surface area (Å²) in [5, 5.41) is 9.31. The number of nitrogens with zero attached hydrogens (tertiary/aromatic N) is 3. The van der Waals surface area contributed by atoms with Crippen molar-refractivity contribution in [3.63, 3.8) is 0 Å². The molecule has 0 atom stereocenters. The maximum atomic E-state index is 5.65. The van der Waals surface area contributed by atoms with Gasteiger partial charge < -0.3 is 8.98 Å². The van der Waals surface area contributed by atoms with Gasteiger partial charge in [-0.25, -0.2) is 0 Å². The highest BCUT2D eigenvalue weighted by Crippen LogP contribution is 2.29. The predicted molar refractivity (Wildman–Crippen MR) is 70.3 cm³/mol. The molecule has 0 fully saturated rings. The van der Waals surface area contributed by atoms with Crippen LogP contribution < -0.4 is 0 Å². The molecule has 0 saturated carbocycles. The van der Waals surface area contributed by atoms with E-state index in [-0.39, 0.29) is 0 Å². The highest BCUT2D eigenvalue weighted by atomic mass is 16.4. The first-order chi connectivity index (χ1) is 8.83. The largest absolute Gasteiger partial charge is 0.421 e. The molecule has 3 aromatic rings. The van der Waals surface area contributed by atoms with Crippen LogP contribution in [0.3, 0.4) is 0 Å². The van der Waals surface area contributed by atoms with Gasteiger partial charge in [-0.2, -0.15) is 0 Å². The Balaban J connectivity index is 2.22. The standard InChI is InChI=1S/C14H15N3O/c1-3-13-15-16-14(18-13)11-9-17(4-2)12-8-6-5-7-10(11)12/h5-9H,3-4H2,1-2H3. The van der Waals surface area contributed by atoms with E-state index in [0.717, 1.165) is 23.9 Å². The lowest BCUT2D eigenvalue weighted by molar-refractivity contribution is 0.513. The van der Waals surface area contributed by atoms with Crippen molar-refractivity contribution in [3.05, 3.63) is 36.4 Å². The van der Waals surface area contributed by atoms with Crippen molar-refractivity contribution >= 4 is 10.9 Å². The average Bonchev–Trinajstić information content (AvgIpc) is 3.02. The summed E-state index contributed by atoms with van der Waals surface area (Å²) < 4.78 is 7.84. The molecule has 1 aromatic carbocycles. The molecule has 0 spiro atoms. The SMILES string of the molecule is CCc1nnc(-c2cn(CC)c3ccccc23)o1. The number of para-hydroxylation sites is 1. The number of rotatable bonds is 3. The Bertz CT molecular complexity index is 681. The fourth-order valence-corrected chi connectivity index (χ4v) is 2.18. The summed E-state index contributed by atoms with van der Waals surface area (Å²) in [7, 11) is 0. The van der Waals surface area contributed by atoms with Crippen LogP contribution in [-0.2, 0) is 13.0 Å². The van der Waals surface area contributed by atoms with Crippen LogP contribution in [-0.4, -0.2) is 14.8 Å². The summed E-state index contributed by atoms with van der Waals surface area (Å²) in [6.45, 7) is 5.06. The first-order valence-electron chi connectivity index (χ1n) is 6.24. The number of hydrogen-bond acceptors (Lipinski definition) is 3. The van der Waals surface area contributed by atoms with Crippen LogP contribution in [0, 0.1) is 0 Å². The van der Waals surface area contributed by atoms with Crippen LogP contribution in [0.4, 0.5) is 0 Å². The predicted octanol–water partition coefficient (Wildman–Crippen LogP) is 3.27. The van der Waals surface area contributed by atoms with E-state index >= 15 is 0 Å². The van der Waals surface area contributed by atoms with Gasteiger partial charge in [-0.15, -0.1) is 10.2 Å². The van der Waals surface area contributed by atoms with Crippen molar-refractivity contribution < 1.29 is 4.42 Å². The van der Waals surface area contributed by atoms with Gasteiger partial charge in [0.25, 0.3) is 0 Å². The second-order valence-corrected chi connectivity index (χ2v) is 4.20. The number of hydrogen-bond donors (Lipinski definition) is 0. The zero-order valence-electron chi connectivity index (χ0n) is 10.6. The molecule has 4 nitrogen and oxygen atoms in total. The molecule has 92 valence electrons. The Morgan fingerprint density at radius 1 is 1.17 bits per heavy atom. The molecule has 0 aliphatic heterocycles. The summed E-state index contributed by atoms with van der Waals surface area (Å²) in [5.74, 6) is 1.29. The van der Waals surface area contributed by atoms with Crippen molar-refractivity contribution in [2.45, 2.75) is 26.8 Å². The molecule has 0 N–H and O–H groups in total. The molecule has 3 rings (SSSR count). The maximum absolute atomic E-state index is 5.65. The Morgan fingerprint density at radius 3 is 2.72 bits per heavy atom. The van der Waals surface area contributed by atoms with E-state index < -0.39 is 0 Å². The van der Waals surface area contributed by atoms with Gasteiger partial charge in [0.2, 0.25) is 11.8 Å². The minimum Gasteiger partial charge on any atom is -0.421 e. The van der Waals surface area contributed by atoms with E-state index in [1.165, 1.54) is 5.52 Å². The van der Waals surface area contributed by atoms with E-state index in [0.29, 0.717) is 11.8 Å². The lowest BCUT2D eigenvalue weighted by Gasteiger charge is -1.97. The minimum atomic E-state index is 0.607. The molecule has 0 aliphatic rings. The zero-order chi connectivity index (χ0) is 12.5. The van der Waals surface area contributed by atoms with Crippen molar-refractivity contribution in [3.8, 4) is 11.5 Å². The van der Waals surface area contributed by atoms with Crippen molar-refractivity contribution in [1.82, 2.24) is 14.8 Å². The second-order valence-electron chi connectivity index (χ2n) is 4.20. The van der Waals surface area contributed by atoms with Gasteiger partial charge in [-0.1, -0.05) is 25.1 Å². The van der Waals surface area contributed by atoms with E-state index in [4.69, 9.17) is 4.42 Å². The van der Waals surface area contributed by atoms with Gasteiger partial charge in [-0.3, -0.25) is 0 Å². The summed E-state index contributed by atoms with van der Waals surface area (Å²) in [4.78, 5) is 0. The molecule has 4 heteroatoms. The minimum absolute atomic E-state index is 0.607. The van der Waals surface area contributed by atoms with Crippen LogP contribution in [0.1, 0.15) is 19.7 Å². The molecular weight excluding hydrogens is 226 g/mol. The first-order valence-corrected chi connectivity index (χ1v) is 6.24. The third kappa shape index (κ3) is 1.61. The average molecular weight is 241 g/mol. The van der Waals surface area contributed by atoms with Gasteiger partial charge in [-0.05, 0) is 13.0 Å². The summed E-state index contributed by atoms with van der Waals surface area (Å²) in [5.41, 5.74) is 2.21. The molecule has 18 heavy (non-hydrogen) atoms. The molecule has 0 amide bonds. The molecule has 0 saturated heterocycles. The third-order valence-electron chi connectivity index (χ3n) is 3.13. The van der Waals surface area contributed by atoms with Gasteiger partial charge in [0.15, 0.2) is 0 Å². The lowest BCUT2D eigenvalue weighted by atomic mass is 10.2. The molecule has 0 unspecified atom stereocenters. The van der Waals surface area contributed by atoms with Gasteiger partial charge in [0, 0.05) is 30.1 Å². The molecule has 2 aromatic heterocycles. The highest BCUT2D eigenvalue weighted by molar-refractivity contribution is 5.93. The Labute approximate surface area is 105 Å². The van der Waals surface area contributed by atoms with Gasteiger partial charge in [0.05, 0.1) is 5.56 Å². The third-order valence-corrected chi connectivity index (χ3v) is 3.13. The lowest BCUT2D eigenvalue weighted by Crippen LogP contribution is -1.89. The zero-order valence-corrected chi connectivity index (χ0v) is 10.6. The van der Waals surface area contributed by atoms with E-state index in [2.05, 4.69) is 40.0 Å². The van der Waals surface area contributed by atoms with Crippen LogP contribution >= 0.6 is 0 Å². The first kappa shape index (κ1) is 11.0.